The summed E-state index contributed by atoms with van der Waals surface area (Å²) in [5.74, 6) is 1.10. The first kappa shape index (κ1) is 18.9. The van der Waals surface area contributed by atoms with Crippen LogP contribution in [-0.2, 0) is 14.1 Å². The van der Waals surface area contributed by atoms with Crippen molar-refractivity contribution in [3.05, 3.63) is 47.2 Å². The summed E-state index contributed by atoms with van der Waals surface area (Å²) >= 11 is 0. The van der Waals surface area contributed by atoms with Crippen LogP contribution in [0.2, 0.25) is 0 Å². The molecular weight excluding hydrogens is 366 g/mol. The number of aromatic nitrogens is 6. The number of anilines is 1. The summed E-state index contributed by atoms with van der Waals surface area (Å²) in [6, 6.07) is 7.51. The second kappa shape index (κ2) is 6.88. The molecule has 8 nitrogen and oxygen atoms in total. The van der Waals surface area contributed by atoms with Gasteiger partial charge in [0.1, 0.15) is 11.5 Å². The van der Waals surface area contributed by atoms with Crippen LogP contribution < -0.4 is 5.32 Å². The number of imidazole rings is 1. The van der Waals surface area contributed by atoms with Gasteiger partial charge in [0.05, 0.1) is 22.4 Å². The van der Waals surface area contributed by atoms with Crippen molar-refractivity contribution >= 4 is 22.6 Å². The fourth-order valence-electron chi connectivity index (χ4n) is 3.72. The number of amides is 1. The molecular formula is C21H25N7O. The van der Waals surface area contributed by atoms with E-state index in [1.807, 2.05) is 50.8 Å². The first-order chi connectivity index (χ1) is 13.8. The minimum Gasteiger partial charge on any atom is -0.331 e. The van der Waals surface area contributed by atoms with Gasteiger partial charge >= 0.3 is 0 Å². The van der Waals surface area contributed by atoms with Gasteiger partial charge in [-0.1, -0.05) is 13.8 Å². The summed E-state index contributed by atoms with van der Waals surface area (Å²) in [5.41, 5.74) is 6.53. The molecule has 150 valence electrons. The minimum absolute atomic E-state index is 0.248. The van der Waals surface area contributed by atoms with Crippen LogP contribution in [0.25, 0.3) is 22.3 Å². The highest BCUT2D eigenvalue weighted by Gasteiger charge is 2.18. The molecule has 3 aromatic heterocycles. The average molecular weight is 391 g/mol. The van der Waals surface area contributed by atoms with Gasteiger partial charge in [0, 0.05) is 37.0 Å². The predicted octanol–water partition coefficient (Wildman–Crippen LogP) is 3.69. The number of benzene rings is 1. The molecule has 4 aromatic rings. The van der Waals surface area contributed by atoms with E-state index in [0.29, 0.717) is 23.0 Å². The minimum atomic E-state index is -0.248. The molecule has 1 aromatic carbocycles. The Hall–Kier alpha value is -3.42. The zero-order valence-electron chi connectivity index (χ0n) is 17.5. The molecule has 0 radical (unpaired) electrons. The number of aryl methyl sites for hydroxylation is 3. The van der Waals surface area contributed by atoms with E-state index in [4.69, 9.17) is 4.98 Å². The molecule has 0 saturated heterocycles. The van der Waals surface area contributed by atoms with E-state index in [-0.39, 0.29) is 5.91 Å². The summed E-state index contributed by atoms with van der Waals surface area (Å²) < 4.78 is 3.90. The normalized spacial score (nSPS) is 11.6. The number of carbonyl (C=O) groups is 1. The highest BCUT2D eigenvalue weighted by molar-refractivity contribution is 6.04. The van der Waals surface area contributed by atoms with Gasteiger partial charge in [-0.3, -0.25) is 14.6 Å². The van der Waals surface area contributed by atoms with Gasteiger partial charge in [0.2, 0.25) is 0 Å². The SMILES string of the molecule is Cc1nn(C)c(C)c1-c1cc(C(=O)Nc2ccc3c(c2)nc(C(C)C)n3C)[nH]n1. The largest absolute Gasteiger partial charge is 0.331 e. The highest BCUT2D eigenvalue weighted by Crippen LogP contribution is 2.26. The molecule has 0 saturated carbocycles. The van der Waals surface area contributed by atoms with Gasteiger partial charge in [-0.2, -0.15) is 10.2 Å². The Morgan fingerprint density at radius 3 is 2.59 bits per heavy atom. The van der Waals surface area contributed by atoms with Crippen molar-refractivity contribution in [2.75, 3.05) is 5.32 Å². The summed E-state index contributed by atoms with van der Waals surface area (Å²) in [7, 11) is 3.90. The van der Waals surface area contributed by atoms with Crippen molar-refractivity contribution in [3.8, 4) is 11.3 Å². The number of nitrogens with zero attached hydrogens (tertiary/aromatic N) is 5. The third-order valence-corrected chi connectivity index (χ3v) is 5.28. The number of hydrogen-bond acceptors (Lipinski definition) is 4. The number of fused-ring (bicyclic) bond motifs is 1. The van der Waals surface area contributed by atoms with E-state index in [2.05, 4.69) is 39.0 Å². The standard InChI is InChI=1S/C21H25N7O/c1-11(2)20-23-15-9-14(7-8-18(15)27(20)5)22-21(29)17-10-16(24-25-17)19-12(3)26-28(6)13(19)4/h7-11H,1-6H3,(H,22,29)(H,24,25). The molecule has 0 unspecified atom stereocenters. The van der Waals surface area contributed by atoms with Crippen LogP contribution in [0.5, 0.6) is 0 Å². The summed E-state index contributed by atoms with van der Waals surface area (Å²) in [4.78, 5) is 17.4. The number of carbonyl (C=O) groups excluding carboxylic acids is 1. The number of rotatable bonds is 4. The molecule has 8 heteroatoms. The zero-order chi connectivity index (χ0) is 20.9. The van der Waals surface area contributed by atoms with Crippen LogP contribution in [0.3, 0.4) is 0 Å². The third-order valence-electron chi connectivity index (χ3n) is 5.28. The van der Waals surface area contributed by atoms with Crippen molar-refractivity contribution in [3.63, 3.8) is 0 Å². The van der Waals surface area contributed by atoms with Crippen LogP contribution in [0.1, 0.15) is 47.5 Å². The van der Waals surface area contributed by atoms with Gasteiger partial charge in [-0.05, 0) is 38.1 Å². The first-order valence-corrected chi connectivity index (χ1v) is 9.60. The van der Waals surface area contributed by atoms with Gasteiger partial charge in [-0.15, -0.1) is 0 Å². The van der Waals surface area contributed by atoms with E-state index in [1.54, 1.807) is 6.07 Å². The average Bonchev–Trinajstić information content (AvgIpc) is 3.33. The summed E-state index contributed by atoms with van der Waals surface area (Å²) in [6.45, 7) is 8.15. The highest BCUT2D eigenvalue weighted by atomic mass is 16.1. The fourth-order valence-corrected chi connectivity index (χ4v) is 3.72. The molecule has 0 aliphatic heterocycles. The van der Waals surface area contributed by atoms with E-state index in [0.717, 1.165) is 33.8 Å². The Morgan fingerprint density at radius 2 is 1.93 bits per heavy atom. The molecule has 0 aliphatic rings. The maximum absolute atomic E-state index is 12.7. The van der Waals surface area contributed by atoms with Gasteiger partial charge < -0.3 is 9.88 Å². The molecule has 0 fully saturated rings. The lowest BCUT2D eigenvalue weighted by Gasteiger charge is -2.05. The maximum atomic E-state index is 12.7. The first-order valence-electron chi connectivity index (χ1n) is 9.60. The maximum Gasteiger partial charge on any atom is 0.273 e. The quantitative estimate of drug-likeness (QED) is 0.555. The van der Waals surface area contributed by atoms with Crippen molar-refractivity contribution in [1.29, 1.82) is 0 Å². The molecule has 1 amide bonds. The second-order valence-corrected chi connectivity index (χ2v) is 7.68. The Balaban J connectivity index is 1.59. The molecule has 4 rings (SSSR count). The van der Waals surface area contributed by atoms with E-state index in [9.17, 15) is 4.79 Å². The lowest BCUT2D eigenvalue weighted by molar-refractivity contribution is 0.102. The van der Waals surface area contributed by atoms with Crippen LogP contribution in [0, 0.1) is 13.8 Å². The van der Waals surface area contributed by atoms with Crippen molar-refractivity contribution in [2.45, 2.75) is 33.6 Å². The zero-order valence-corrected chi connectivity index (χ0v) is 17.5. The molecule has 29 heavy (non-hydrogen) atoms. The molecule has 0 aliphatic carbocycles. The van der Waals surface area contributed by atoms with E-state index in [1.165, 1.54) is 0 Å². The molecule has 0 spiro atoms. The van der Waals surface area contributed by atoms with Crippen LogP contribution in [-0.4, -0.2) is 35.4 Å². The van der Waals surface area contributed by atoms with E-state index < -0.39 is 0 Å². The van der Waals surface area contributed by atoms with Gasteiger partial charge in [-0.25, -0.2) is 4.98 Å². The summed E-state index contributed by atoms with van der Waals surface area (Å²) in [5, 5.41) is 14.5. The third kappa shape index (κ3) is 3.20. The Morgan fingerprint density at radius 1 is 1.17 bits per heavy atom. The lowest BCUT2D eigenvalue weighted by Crippen LogP contribution is -2.12. The number of nitrogens with one attached hydrogen (secondary N) is 2. The molecule has 0 bridgehead atoms. The number of H-pyrrole nitrogens is 1. The Labute approximate surface area is 169 Å². The predicted molar refractivity (Wildman–Crippen MR) is 113 cm³/mol. The van der Waals surface area contributed by atoms with Crippen LogP contribution in [0.4, 0.5) is 5.69 Å². The monoisotopic (exact) mass is 391 g/mol. The van der Waals surface area contributed by atoms with Crippen molar-refractivity contribution in [2.24, 2.45) is 14.1 Å². The summed E-state index contributed by atoms with van der Waals surface area (Å²) in [6.07, 6.45) is 0. The van der Waals surface area contributed by atoms with Crippen molar-refractivity contribution < 1.29 is 4.79 Å². The van der Waals surface area contributed by atoms with Crippen molar-refractivity contribution in [1.82, 2.24) is 29.5 Å². The Kier molecular flexibility index (Phi) is 4.49. The number of aromatic amines is 1. The van der Waals surface area contributed by atoms with Crippen LogP contribution in [0.15, 0.2) is 24.3 Å². The smallest absolute Gasteiger partial charge is 0.273 e. The van der Waals surface area contributed by atoms with Crippen LogP contribution >= 0.6 is 0 Å². The Bertz CT molecular complexity index is 1230. The second-order valence-electron chi connectivity index (χ2n) is 7.68. The van der Waals surface area contributed by atoms with E-state index >= 15 is 0 Å². The lowest BCUT2D eigenvalue weighted by atomic mass is 10.1. The topological polar surface area (TPSA) is 93.4 Å². The fraction of sp³-hybridized carbons (Fsp3) is 0.333. The van der Waals surface area contributed by atoms with Gasteiger partial charge in [0.15, 0.2) is 0 Å². The molecule has 2 N–H and O–H groups in total. The van der Waals surface area contributed by atoms with Gasteiger partial charge in [0.25, 0.3) is 5.91 Å². The molecule has 3 heterocycles. The number of hydrogen-bond donors (Lipinski definition) is 2. The molecule has 0 atom stereocenters.